The van der Waals surface area contributed by atoms with Gasteiger partial charge in [-0.2, -0.15) is 5.26 Å². The van der Waals surface area contributed by atoms with Gasteiger partial charge in [0.2, 0.25) is 0 Å². The second kappa shape index (κ2) is 13.5. The highest BCUT2D eigenvalue weighted by atomic mass is 16.6. The van der Waals surface area contributed by atoms with Crippen LogP contribution in [0.4, 0.5) is 0 Å². The predicted molar refractivity (Wildman–Crippen MR) is 164 cm³/mol. The zero-order valence-corrected chi connectivity index (χ0v) is 24.6. The fourth-order valence-electron chi connectivity index (χ4n) is 4.81. The van der Waals surface area contributed by atoms with E-state index in [2.05, 4.69) is 24.4 Å². The first-order chi connectivity index (χ1) is 21.3. The smallest absolute Gasteiger partial charge is 0.326 e. The Kier molecular flexibility index (Phi) is 9.34. The molecule has 0 saturated carbocycles. The Morgan fingerprint density at radius 1 is 0.955 bits per heavy atom. The average Bonchev–Trinajstić information content (AvgIpc) is 3.06. The standard InChI is InChI=1S/C35H34N2O7/c1-23-28(7-4-8-30(23)26-10-12-31-33(16-26)42-14-13-41-31)21-43-29-11-9-27(19-37-35(2,22-38)34(39)40)32(17-29)44-20-25-6-3-5-24(15-25)18-36/h3-12,15-17,37-38H,13-14,19-22H2,1-2H3,(H,39,40)/t35-/m0/s1. The van der Waals surface area contributed by atoms with Crippen molar-refractivity contribution in [2.75, 3.05) is 19.8 Å². The van der Waals surface area contributed by atoms with Gasteiger partial charge in [-0.15, -0.1) is 0 Å². The monoisotopic (exact) mass is 594 g/mol. The Morgan fingerprint density at radius 3 is 2.52 bits per heavy atom. The summed E-state index contributed by atoms with van der Waals surface area (Å²) >= 11 is 0. The first kappa shape index (κ1) is 30.4. The molecule has 0 saturated heterocycles. The molecule has 1 atom stereocenters. The third-order valence-corrected chi connectivity index (χ3v) is 7.64. The van der Waals surface area contributed by atoms with Crippen molar-refractivity contribution in [3.05, 3.63) is 107 Å². The van der Waals surface area contributed by atoms with E-state index >= 15 is 0 Å². The zero-order valence-electron chi connectivity index (χ0n) is 24.6. The molecule has 44 heavy (non-hydrogen) atoms. The summed E-state index contributed by atoms with van der Waals surface area (Å²) in [6.45, 7) is 4.61. The van der Waals surface area contributed by atoms with Gasteiger partial charge in [-0.25, -0.2) is 0 Å². The van der Waals surface area contributed by atoms with Gasteiger partial charge in [0.1, 0.15) is 43.5 Å². The number of aliphatic hydroxyl groups is 1. The molecule has 3 N–H and O–H groups in total. The number of nitrogens with one attached hydrogen (secondary N) is 1. The van der Waals surface area contributed by atoms with E-state index in [1.165, 1.54) is 6.92 Å². The van der Waals surface area contributed by atoms with Crippen LogP contribution in [0.5, 0.6) is 23.0 Å². The van der Waals surface area contributed by atoms with Crippen molar-refractivity contribution >= 4 is 5.97 Å². The zero-order chi connectivity index (χ0) is 31.1. The van der Waals surface area contributed by atoms with Crippen LogP contribution in [0, 0.1) is 18.3 Å². The lowest BCUT2D eigenvalue weighted by Crippen LogP contribution is -2.52. The number of aliphatic hydroxyl groups excluding tert-OH is 1. The number of hydrogen-bond acceptors (Lipinski definition) is 8. The minimum absolute atomic E-state index is 0.133. The van der Waals surface area contributed by atoms with Gasteiger partial charge in [0.15, 0.2) is 11.5 Å². The van der Waals surface area contributed by atoms with E-state index in [9.17, 15) is 20.3 Å². The van der Waals surface area contributed by atoms with E-state index in [1.807, 2.05) is 42.5 Å². The number of carboxylic acid groups (broad SMARTS) is 1. The fraction of sp³-hybridized carbons (Fsp3) is 0.257. The molecule has 9 heteroatoms. The van der Waals surface area contributed by atoms with E-state index < -0.39 is 18.1 Å². The van der Waals surface area contributed by atoms with E-state index in [-0.39, 0.29) is 13.2 Å². The Hall–Kier alpha value is -5.04. The van der Waals surface area contributed by atoms with Crippen molar-refractivity contribution in [2.45, 2.75) is 39.1 Å². The lowest BCUT2D eigenvalue weighted by molar-refractivity contribution is -0.145. The van der Waals surface area contributed by atoms with E-state index in [0.29, 0.717) is 42.4 Å². The summed E-state index contributed by atoms with van der Waals surface area (Å²) in [5, 5.41) is 31.4. The van der Waals surface area contributed by atoms with Gasteiger partial charge in [-0.1, -0.05) is 42.5 Å². The number of fused-ring (bicyclic) bond motifs is 1. The maximum Gasteiger partial charge on any atom is 0.326 e. The molecule has 9 nitrogen and oxygen atoms in total. The number of rotatable bonds is 12. The van der Waals surface area contributed by atoms with Crippen molar-refractivity contribution in [2.24, 2.45) is 0 Å². The minimum atomic E-state index is -1.52. The Morgan fingerprint density at radius 2 is 1.75 bits per heavy atom. The van der Waals surface area contributed by atoms with E-state index in [0.717, 1.165) is 39.3 Å². The number of nitrogens with zero attached hydrogens (tertiary/aromatic N) is 1. The molecular weight excluding hydrogens is 560 g/mol. The molecule has 0 unspecified atom stereocenters. The Labute approximate surface area is 256 Å². The summed E-state index contributed by atoms with van der Waals surface area (Å²) in [6.07, 6.45) is 0. The van der Waals surface area contributed by atoms with Gasteiger partial charge < -0.3 is 29.2 Å². The van der Waals surface area contributed by atoms with Crippen LogP contribution in [-0.4, -0.2) is 41.5 Å². The number of carbonyl (C=O) groups is 1. The molecule has 1 aliphatic heterocycles. The maximum atomic E-state index is 11.7. The highest BCUT2D eigenvalue weighted by Crippen LogP contribution is 2.36. The first-order valence-corrected chi connectivity index (χ1v) is 14.2. The van der Waals surface area contributed by atoms with Crippen LogP contribution in [-0.2, 0) is 24.6 Å². The van der Waals surface area contributed by atoms with E-state index in [1.54, 1.807) is 30.3 Å². The number of aliphatic carboxylic acids is 1. The summed E-state index contributed by atoms with van der Waals surface area (Å²) in [5.41, 5.74) is 4.69. The number of hydrogen-bond donors (Lipinski definition) is 3. The van der Waals surface area contributed by atoms with Crippen molar-refractivity contribution in [3.63, 3.8) is 0 Å². The molecule has 0 aromatic heterocycles. The predicted octanol–water partition coefficient (Wildman–Crippen LogP) is 5.39. The Bertz CT molecular complexity index is 1700. The molecular formula is C35H34N2O7. The van der Waals surface area contributed by atoms with Gasteiger partial charge in [-0.3, -0.25) is 10.1 Å². The lowest BCUT2D eigenvalue weighted by Gasteiger charge is -2.24. The van der Waals surface area contributed by atoms with Gasteiger partial charge in [0.05, 0.1) is 18.2 Å². The third-order valence-electron chi connectivity index (χ3n) is 7.64. The number of benzene rings is 4. The van der Waals surface area contributed by atoms with Crippen molar-refractivity contribution in [1.29, 1.82) is 5.26 Å². The number of ether oxygens (including phenoxy) is 4. The van der Waals surface area contributed by atoms with Crippen LogP contribution in [0.1, 0.15) is 34.7 Å². The minimum Gasteiger partial charge on any atom is -0.489 e. The van der Waals surface area contributed by atoms with Gasteiger partial charge >= 0.3 is 5.97 Å². The largest absolute Gasteiger partial charge is 0.489 e. The molecule has 0 bridgehead atoms. The second-order valence-electron chi connectivity index (χ2n) is 10.8. The molecule has 1 heterocycles. The van der Waals surface area contributed by atoms with Gasteiger partial charge in [0, 0.05) is 18.2 Å². The van der Waals surface area contributed by atoms with Crippen LogP contribution in [0.2, 0.25) is 0 Å². The van der Waals surface area contributed by atoms with Crippen LogP contribution < -0.4 is 24.3 Å². The number of carboxylic acids is 1. The highest BCUT2D eigenvalue weighted by molar-refractivity contribution is 5.78. The molecule has 0 aliphatic carbocycles. The average molecular weight is 595 g/mol. The van der Waals surface area contributed by atoms with Gasteiger partial charge in [0.25, 0.3) is 0 Å². The summed E-state index contributed by atoms with van der Waals surface area (Å²) in [4.78, 5) is 11.7. The van der Waals surface area contributed by atoms with Crippen LogP contribution in [0.3, 0.4) is 0 Å². The molecule has 0 spiro atoms. The molecule has 1 aliphatic rings. The molecule has 226 valence electrons. The van der Waals surface area contributed by atoms with Crippen molar-refractivity contribution in [3.8, 4) is 40.2 Å². The van der Waals surface area contributed by atoms with Crippen LogP contribution in [0.25, 0.3) is 11.1 Å². The number of nitriles is 1. The summed E-state index contributed by atoms with van der Waals surface area (Å²) in [6, 6.07) is 26.7. The first-order valence-electron chi connectivity index (χ1n) is 14.2. The summed E-state index contributed by atoms with van der Waals surface area (Å²) in [5.74, 6) is 1.38. The van der Waals surface area contributed by atoms with Crippen molar-refractivity contribution < 1.29 is 34.0 Å². The van der Waals surface area contributed by atoms with Crippen LogP contribution in [0.15, 0.2) is 78.9 Å². The molecule has 0 radical (unpaired) electrons. The summed E-state index contributed by atoms with van der Waals surface area (Å²) in [7, 11) is 0. The van der Waals surface area contributed by atoms with Gasteiger partial charge in [-0.05, 0) is 72.0 Å². The second-order valence-corrected chi connectivity index (χ2v) is 10.8. The van der Waals surface area contributed by atoms with Crippen molar-refractivity contribution in [1.82, 2.24) is 5.32 Å². The highest BCUT2D eigenvalue weighted by Gasteiger charge is 2.32. The molecule has 0 fully saturated rings. The molecule has 5 rings (SSSR count). The van der Waals surface area contributed by atoms with E-state index in [4.69, 9.17) is 18.9 Å². The topological polar surface area (TPSA) is 130 Å². The van der Waals surface area contributed by atoms with Crippen LogP contribution >= 0.6 is 0 Å². The lowest BCUT2D eigenvalue weighted by atomic mass is 9.96. The fourth-order valence-corrected chi connectivity index (χ4v) is 4.81. The molecule has 4 aromatic carbocycles. The maximum absolute atomic E-state index is 11.7. The summed E-state index contributed by atoms with van der Waals surface area (Å²) < 4.78 is 23.8. The molecule has 0 amide bonds. The Balaban J connectivity index is 1.35. The third kappa shape index (κ3) is 6.94. The molecule has 4 aromatic rings. The SMILES string of the molecule is Cc1c(COc2ccc(CN[C@@](C)(CO)C(=O)O)c(OCc3cccc(C#N)c3)c2)cccc1-c1ccc2c(c1)OCCO2. The normalized spacial score (nSPS) is 13.4. The quantitative estimate of drug-likeness (QED) is 0.198.